The lowest BCUT2D eigenvalue weighted by Gasteiger charge is -2.10. The summed E-state index contributed by atoms with van der Waals surface area (Å²) in [5.41, 5.74) is 1.52. The third-order valence-electron chi connectivity index (χ3n) is 5.29. The number of amides is 1. The molecule has 0 atom stereocenters. The number of aryl methyl sites for hydroxylation is 1. The molecule has 1 aromatic carbocycles. The zero-order valence-corrected chi connectivity index (χ0v) is 21.3. The van der Waals surface area contributed by atoms with E-state index < -0.39 is 0 Å². The molecule has 34 heavy (non-hydrogen) atoms. The number of fused-ring (bicyclic) bond motifs is 1. The summed E-state index contributed by atoms with van der Waals surface area (Å²) in [6.07, 6.45) is 2.78. The van der Waals surface area contributed by atoms with Crippen LogP contribution in [0.3, 0.4) is 0 Å². The first-order chi connectivity index (χ1) is 16.5. The Bertz CT molecular complexity index is 1190. The molecule has 0 unspecified atom stereocenters. The van der Waals surface area contributed by atoms with Crippen molar-refractivity contribution in [2.75, 3.05) is 17.7 Å². The summed E-state index contributed by atoms with van der Waals surface area (Å²) in [6.45, 7) is 4.88. The van der Waals surface area contributed by atoms with Crippen LogP contribution >= 0.6 is 34.7 Å². The van der Waals surface area contributed by atoms with Crippen LogP contribution < -0.4 is 10.1 Å². The van der Waals surface area contributed by atoms with Crippen molar-refractivity contribution in [2.45, 2.75) is 51.4 Å². The Morgan fingerprint density at radius 1 is 1.24 bits per heavy atom. The Labute approximate surface area is 211 Å². The number of hydrogen-bond donors (Lipinski definition) is 1. The van der Waals surface area contributed by atoms with Crippen molar-refractivity contribution in [1.29, 1.82) is 0 Å². The minimum atomic E-state index is -0.376. The smallest absolute Gasteiger partial charge is 0.341 e. The molecule has 11 heteroatoms. The Hall–Kier alpha value is -2.56. The highest BCUT2D eigenvalue weighted by molar-refractivity contribution is 7.99. The number of benzene rings is 1. The number of rotatable bonds is 10. The van der Waals surface area contributed by atoms with Crippen LogP contribution in [0.25, 0.3) is 0 Å². The van der Waals surface area contributed by atoms with E-state index in [1.807, 2.05) is 23.6 Å². The van der Waals surface area contributed by atoms with Crippen LogP contribution in [-0.4, -0.2) is 39.0 Å². The van der Waals surface area contributed by atoms with E-state index in [1.54, 1.807) is 19.1 Å². The Balaban J connectivity index is 1.39. The number of para-hydroxylation sites is 1. The molecule has 2 aromatic heterocycles. The van der Waals surface area contributed by atoms with Gasteiger partial charge in [0.1, 0.15) is 17.4 Å². The lowest BCUT2D eigenvalue weighted by molar-refractivity contribution is -0.113. The molecular formula is C23H25ClN4O4S2. The first-order valence-electron chi connectivity index (χ1n) is 11.1. The van der Waals surface area contributed by atoms with Gasteiger partial charge >= 0.3 is 5.97 Å². The minimum absolute atomic E-state index is 0.133. The Morgan fingerprint density at radius 3 is 2.82 bits per heavy atom. The number of thiophene rings is 1. The van der Waals surface area contributed by atoms with Crippen LogP contribution in [0.2, 0.25) is 5.02 Å². The molecule has 8 nitrogen and oxygen atoms in total. The second-order valence-corrected chi connectivity index (χ2v) is 9.94. The van der Waals surface area contributed by atoms with Crippen molar-refractivity contribution in [2.24, 2.45) is 0 Å². The predicted molar refractivity (Wildman–Crippen MR) is 133 cm³/mol. The number of carbonyl (C=O) groups is 2. The zero-order valence-electron chi connectivity index (χ0n) is 18.9. The fourth-order valence-corrected chi connectivity index (χ4v) is 6.06. The highest BCUT2D eigenvalue weighted by atomic mass is 35.5. The average molecular weight is 521 g/mol. The van der Waals surface area contributed by atoms with Crippen molar-refractivity contribution in [3.8, 4) is 5.75 Å². The van der Waals surface area contributed by atoms with Gasteiger partial charge in [-0.3, -0.25) is 4.79 Å². The minimum Gasteiger partial charge on any atom is -0.484 e. The van der Waals surface area contributed by atoms with Crippen molar-refractivity contribution in [3.05, 3.63) is 51.1 Å². The maximum atomic E-state index is 12.7. The number of halogens is 1. The lowest BCUT2D eigenvalue weighted by Crippen LogP contribution is -2.17. The van der Waals surface area contributed by atoms with Gasteiger partial charge in [-0.25, -0.2) is 4.79 Å². The fraction of sp³-hybridized carbons (Fsp3) is 0.391. The number of hydrogen-bond acceptors (Lipinski definition) is 8. The maximum absolute atomic E-state index is 12.7. The van der Waals surface area contributed by atoms with E-state index in [9.17, 15) is 9.59 Å². The first kappa shape index (κ1) is 24.6. The third kappa shape index (κ3) is 5.39. The summed E-state index contributed by atoms with van der Waals surface area (Å²) in [5.74, 6) is 0.760. The molecule has 0 bridgehead atoms. The third-order valence-corrected chi connectivity index (χ3v) is 7.78. The van der Waals surface area contributed by atoms with E-state index in [0.29, 0.717) is 45.5 Å². The van der Waals surface area contributed by atoms with Crippen molar-refractivity contribution in [3.63, 3.8) is 0 Å². The number of nitrogens with one attached hydrogen (secondary N) is 1. The van der Waals surface area contributed by atoms with Gasteiger partial charge in [0.2, 0.25) is 5.91 Å². The summed E-state index contributed by atoms with van der Waals surface area (Å²) in [5, 5.41) is 13.1. The molecule has 0 spiro atoms. The number of nitrogens with zero attached hydrogens (tertiary/aromatic N) is 3. The normalized spacial score (nSPS) is 12.4. The molecule has 2 heterocycles. The number of thioether (sulfide) groups is 1. The Morgan fingerprint density at radius 2 is 2.06 bits per heavy atom. The maximum Gasteiger partial charge on any atom is 0.341 e. The lowest BCUT2D eigenvalue weighted by atomic mass is 10.1. The van der Waals surface area contributed by atoms with Gasteiger partial charge in [-0.1, -0.05) is 35.5 Å². The van der Waals surface area contributed by atoms with E-state index in [2.05, 4.69) is 15.5 Å². The van der Waals surface area contributed by atoms with Gasteiger partial charge in [-0.2, -0.15) is 0 Å². The van der Waals surface area contributed by atoms with Gasteiger partial charge in [0, 0.05) is 11.4 Å². The summed E-state index contributed by atoms with van der Waals surface area (Å²) in [7, 11) is 0. The van der Waals surface area contributed by atoms with Gasteiger partial charge in [0.25, 0.3) is 0 Å². The molecular weight excluding hydrogens is 496 g/mol. The molecule has 0 fully saturated rings. The SMILES string of the molecule is CCOC(=O)c1c(NC(=O)CSc2nnc(COc3ccccc3Cl)n2CC)sc2c1CCC2. The standard InChI is InChI=1S/C23H25ClN4O4S2/c1-3-28-18(12-32-16-10-6-5-9-15(16)24)26-27-23(28)33-13-19(29)25-21-20(22(30)31-4-2)14-8-7-11-17(14)34-21/h5-6,9-10H,3-4,7-8,11-13H2,1-2H3,(H,25,29). The molecule has 1 aliphatic carbocycles. The summed E-state index contributed by atoms with van der Waals surface area (Å²) in [6, 6.07) is 7.24. The largest absolute Gasteiger partial charge is 0.484 e. The molecule has 1 amide bonds. The Kier molecular flexibility index (Phi) is 8.12. The van der Waals surface area contributed by atoms with Crippen LogP contribution in [0.4, 0.5) is 5.00 Å². The van der Waals surface area contributed by atoms with Gasteiger partial charge in [-0.05, 0) is 50.8 Å². The molecule has 1 N–H and O–H groups in total. The van der Waals surface area contributed by atoms with Crippen LogP contribution in [-0.2, 0) is 35.5 Å². The van der Waals surface area contributed by atoms with E-state index in [-0.39, 0.29) is 24.2 Å². The predicted octanol–water partition coefficient (Wildman–Crippen LogP) is 4.99. The van der Waals surface area contributed by atoms with Crippen molar-refractivity contribution in [1.82, 2.24) is 14.8 Å². The summed E-state index contributed by atoms with van der Waals surface area (Å²) >= 11 is 8.90. The number of ether oxygens (including phenoxy) is 2. The summed E-state index contributed by atoms with van der Waals surface area (Å²) in [4.78, 5) is 26.4. The zero-order chi connectivity index (χ0) is 24.1. The van der Waals surface area contributed by atoms with Crippen LogP contribution in [0, 0.1) is 0 Å². The molecule has 3 aromatic rings. The van der Waals surface area contributed by atoms with E-state index in [4.69, 9.17) is 21.1 Å². The van der Waals surface area contributed by atoms with Crippen LogP contribution in [0.15, 0.2) is 29.4 Å². The van der Waals surface area contributed by atoms with Gasteiger partial charge in [0.15, 0.2) is 11.0 Å². The fourth-order valence-electron chi connectivity index (χ4n) is 3.76. The van der Waals surface area contributed by atoms with E-state index in [0.717, 1.165) is 29.7 Å². The van der Waals surface area contributed by atoms with Gasteiger partial charge < -0.3 is 19.4 Å². The quantitative estimate of drug-likeness (QED) is 0.297. The van der Waals surface area contributed by atoms with Gasteiger partial charge in [-0.15, -0.1) is 21.5 Å². The molecule has 4 rings (SSSR count). The van der Waals surface area contributed by atoms with E-state index in [1.165, 1.54) is 23.1 Å². The molecule has 0 saturated carbocycles. The average Bonchev–Trinajstić information content (AvgIpc) is 3.51. The molecule has 0 aliphatic heterocycles. The molecule has 0 saturated heterocycles. The van der Waals surface area contributed by atoms with Crippen LogP contribution in [0.1, 0.15) is 46.9 Å². The van der Waals surface area contributed by atoms with Gasteiger partial charge in [0.05, 0.1) is 22.9 Å². The monoisotopic (exact) mass is 520 g/mol. The highest BCUT2D eigenvalue weighted by Gasteiger charge is 2.28. The number of carbonyl (C=O) groups excluding carboxylic acids is 2. The van der Waals surface area contributed by atoms with E-state index >= 15 is 0 Å². The second-order valence-electron chi connectivity index (χ2n) is 7.48. The number of aromatic nitrogens is 3. The topological polar surface area (TPSA) is 95.3 Å². The molecule has 180 valence electrons. The number of esters is 1. The van der Waals surface area contributed by atoms with Crippen LogP contribution in [0.5, 0.6) is 5.75 Å². The van der Waals surface area contributed by atoms with Crippen molar-refractivity contribution >= 4 is 51.6 Å². The molecule has 1 aliphatic rings. The second kappa shape index (κ2) is 11.2. The van der Waals surface area contributed by atoms with Crippen molar-refractivity contribution < 1.29 is 19.1 Å². The number of anilines is 1. The summed E-state index contributed by atoms with van der Waals surface area (Å²) < 4.78 is 12.9. The first-order valence-corrected chi connectivity index (χ1v) is 13.2. The highest BCUT2D eigenvalue weighted by Crippen LogP contribution is 2.39. The molecule has 0 radical (unpaired) electrons.